The quantitative estimate of drug-likeness (QED) is 0.913. The second-order valence-corrected chi connectivity index (χ2v) is 8.45. The van der Waals surface area contributed by atoms with Gasteiger partial charge in [-0.2, -0.15) is 13.2 Å². The first-order chi connectivity index (χ1) is 10.4. The lowest BCUT2D eigenvalue weighted by atomic mass is 9.93. The Morgan fingerprint density at radius 2 is 1.78 bits per heavy atom. The van der Waals surface area contributed by atoms with Gasteiger partial charge in [0, 0.05) is 12.7 Å². The first kappa shape index (κ1) is 17.9. The summed E-state index contributed by atoms with van der Waals surface area (Å²) in [5.74, 6) is -2.10. The maximum Gasteiger partial charge on any atom is 0.405 e. The van der Waals surface area contributed by atoms with Gasteiger partial charge in [-0.3, -0.25) is 4.79 Å². The van der Waals surface area contributed by atoms with Crippen LogP contribution in [-0.4, -0.2) is 34.1 Å². The van der Waals surface area contributed by atoms with E-state index in [0.717, 1.165) is 0 Å². The number of nitrogens with one attached hydrogen (secondary N) is 1. The van der Waals surface area contributed by atoms with Crippen molar-refractivity contribution < 1.29 is 22.2 Å². The third-order valence-corrected chi connectivity index (χ3v) is 5.29. The number of carbonyl (C=O) groups is 1. The van der Waals surface area contributed by atoms with E-state index < -0.39 is 39.8 Å². The van der Waals surface area contributed by atoms with Crippen LogP contribution in [0.2, 0.25) is 0 Å². The van der Waals surface area contributed by atoms with Crippen LogP contribution in [-0.2, 0) is 15.8 Å². The first-order valence-corrected chi connectivity index (χ1v) is 8.21. The van der Waals surface area contributed by atoms with Gasteiger partial charge in [0.25, 0.3) is 0 Å². The minimum absolute atomic E-state index is 0.292. The van der Waals surface area contributed by atoms with Crippen LogP contribution in [0.25, 0.3) is 0 Å². The van der Waals surface area contributed by atoms with Crippen LogP contribution < -0.4 is 9.62 Å². The summed E-state index contributed by atoms with van der Waals surface area (Å²) in [5, 5.41) is 0. The van der Waals surface area contributed by atoms with Gasteiger partial charge >= 0.3 is 6.18 Å². The minimum Gasteiger partial charge on any atom is -0.315 e. The minimum atomic E-state index is -4.71. The highest BCUT2D eigenvalue weighted by Crippen LogP contribution is 2.42. The maximum absolute atomic E-state index is 13.5. The van der Waals surface area contributed by atoms with Crippen molar-refractivity contribution in [2.45, 2.75) is 43.7 Å². The molecule has 128 valence electrons. The Labute approximate surface area is 135 Å². The fourth-order valence-electron chi connectivity index (χ4n) is 2.45. The fourth-order valence-corrected chi connectivity index (χ4v) is 3.31. The summed E-state index contributed by atoms with van der Waals surface area (Å²) in [6.45, 7) is 4.71. The highest BCUT2D eigenvalue weighted by Gasteiger charge is 2.53. The molecule has 1 aromatic rings. The van der Waals surface area contributed by atoms with Crippen LogP contribution in [0, 0.1) is 0 Å². The lowest BCUT2D eigenvalue weighted by Crippen LogP contribution is -2.52. The van der Waals surface area contributed by atoms with Crippen molar-refractivity contribution in [3.63, 3.8) is 0 Å². The number of carbonyl (C=O) groups excluding carboxylic acids is 1. The zero-order valence-corrected chi connectivity index (χ0v) is 14.1. The molecule has 1 aromatic carbocycles. The Hall–Kier alpha value is -1.41. The number of anilines is 1. The summed E-state index contributed by atoms with van der Waals surface area (Å²) in [6.07, 6.45) is -4.71. The largest absolute Gasteiger partial charge is 0.405 e. The number of alkyl halides is 3. The third-order valence-electron chi connectivity index (χ3n) is 3.71. The molecule has 8 heteroatoms. The molecule has 0 saturated heterocycles. The number of amides is 1. The molecule has 1 aliphatic heterocycles. The summed E-state index contributed by atoms with van der Waals surface area (Å²) in [7, 11) is -0.514. The van der Waals surface area contributed by atoms with Gasteiger partial charge in [0.05, 0.1) is 21.7 Å². The van der Waals surface area contributed by atoms with Crippen LogP contribution in [0.15, 0.2) is 24.3 Å². The van der Waals surface area contributed by atoms with E-state index in [4.69, 9.17) is 0 Å². The smallest absolute Gasteiger partial charge is 0.315 e. The second-order valence-electron chi connectivity index (χ2n) is 6.45. The first-order valence-electron chi connectivity index (χ1n) is 7.06. The number of likely N-dealkylation sites (N-methyl/N-ethyl adjacent to an activating group) is 1. The molecule has 0 spiro atoms. The molecule has 0 unspecified atom stereocenters. The van der Waals surface area contributed by atoms with E-state index in [1.165, 1.54) is 18.0 Å². The standard InChI is InChI=1S/C15H19F3N2O2S/c1-14(2,3)23(22)19-12(15(16,17)18)11-9-7-5-6-8-10(9)20(4)13(11)21/h5-8,11-12,19H,1-4H3/t11-,12-,23-/m0/s1. The summed E-state index contributed by atoms with van der Waals surface area (Å²) in [6, 6.07) is 4.14. The molecular formula is C15H19F3N2O2S. The summed E-state index contributed by atoms with van der Waals surface area (Å²) >= 11 is 0. The number of halogens is 3. The number of fused-ring (bicyclic) bond motifs is 1. The molecule has 3 atom stereocenters. The Bertz CT molecular complexity index is 640. The van der Waals surface area contributed by atoms with E-state index >= 15 is 0 Å². The normalized spacial score (nSPS) is 21.3. The van der Waals surface area contributed by atoms with Crippen molar-refractivity contribution in [1.82, 2.24) is 4.72 Å². The van der Waals surface area contributed by atoms with Gasteiger partial charge in [-0.05, 0) is 32.4 Å². The van der Waals surface area contributed by atoms with Crippen LogP contribution >= 0.6 is 0 Å². The van der Waals surface area contributed by atoms with Gasteiger partial charge in [-0.25, -0.2) is 8.93 Å². The van der Waals surface area contributed by atoms with Crippen molar-refractivity contribution in [3.8, 4) is 0 Å². The average Bonchev–Trinajstić information content (AvgIpc) is 2.67. The number of hydrogen-bond donors (Lipinski definition) is 1. The van der Waals surface area contributed by atoms with E-state index in [9.17, 15) is 22.2 Å². The molecule has 0 fully saturated rings. The SMILES string of the molecule is CN1C(=O)[C@H]([C@H](N[S@@](=O)C(C)(C)C)C(F)(F)F)c2ccccc21. The van der Waals surface area contributed by atoms with Crippen molar-refractivity contribution in [2.24, 2.45) is 0 Å². The molecule has 1 aliphatic rings. The summed E-state index contributed by atoms with van der Waals surface area (Å²) < 4.78 is 54.0. The highest BCUT2D eigenvalue weighted by atomic mass is 32.2. The summed E-state index contributed by atoms with van der Waals surface area (Å²) in [5.41, 5.74) is 0.737. The highest BCUT2D eigenvalue weighted by molar-refractivity contribution is 7.84. The zero-order chi connectivity index (χ0) is 17.6. The van der Waals surface area contributed by atoms with Gasteiger partial charge in [-0.1, -0.05) is 18.2 Å². The molecule has 0 bridgehead atoms. The molecule has 0 radical (unpaired) electrons. The van der Waals surface area contributed by atoms with Crippen molar-refractivity contribution in [1.29, 1.82) is 0 Å². The Kier molecular flexibility index (Phi) is 4.60. The number of nitrogens with zero attached hydrogens (tertiary/aromatic N) is 1. The van der Waals surface area contributed by atoms with Crippen LogP contribution in [0.3, 0.4) is 0 Å². The zero-order valence-electron chi connectivity index (χ0n) is 13.3. The van der Waals surface area contributed by atoms with Gasteiger partial charge in [0.1, 0.15) is 6.04 Å². The van der Waals surface area contributed by atoms with E-state index in [0.29, 0.717) is 11.3 Å². The van der Waals surface area contributed by atoms with E-state index in [-0.39, 0.29) is 0 Å². The fraction of sp³-hybridized carbons (Fsp3) is 0.533. The predicted octanol–water partition coefficient (Wildman–Crippen LogP) is 2.73. The summed E-state index contributed by atoms with van der Waals surface area (Å²) in [4.78, 5) is 13.6. The van der Waals surface area contributed by atoms with E-state index in [1.807, 2.05) is 0 Å². The molecule has 0 aromatic heterocycles. The van der Waals surface area contributed by atoms with Crippen molar-refractivity contribution >= 4 is 22.6 Å². The number of benzene rings is 1. The monoisotopic (exact) mass is 348 g/mol. The van der Waals surface area contributed by atoms with E-state index in [2.05, 4.69) is 4.72 Å². The molecule has 2 rings (SSSR count). The van der Waals surface area contributed by atoms with Gasteiger partial charge in [0.15, 0.2) is 0 Å². The second kappa shape index (κ2) is 5.90. The topological polar surface area (TPSA) is 49.4 Å². The van der Waals surface area contributed by atoms with Crippen LogP contribution in [0.4, 0.5) is 18.9 Å². The Morgan fingerprint density at radius 1 is 1.22 bits per heavy atom. The van der Waals surface area contributed by atoms with Gasteiger partial charge < -0.3 is 4.90 Å². The third kappa shape index (κ3) is 3.42. The molecule has 1 N–H and O–H groups in total. The molecule has 4 nitrogen and oxygen atoms in total. The lowest BCUT2D eigenvalue weighted by Gasteiger charge is -2.29. The molecule has 23 heavy (non-hydrogen) atoms. The number of para-hydroxylation sites is 1. The molecule has 1 heterocycles. The number of rotatable bonds is 3. The number of hydrogen-bond acceptors (Lipinski definition) is 2. The van der Waals surface area contributed by atoms with Crippen LogP contribution in [0.5, 0.6) is 0 Å². The molecular weight excluding hydrogens is 329 g/mol. The Morgan fingerprint density at radius 3 is 2.30 bits per heavy atom. The van der Waals surface area contributed by atoms with Crippen LogP contribution in [0.1, 0.15) is 32.3 Å². The predicted molar refractivity (Wildman–Crippen MR) is 83.5 cm³/mol. The molecule has 1 amide bonds. The Balaban J connectivity index is 2.45. The molecule has 0 aliphatic carbocycles. The van der Waals surface area contributed by atoms with E-state index in [1.54, 1.807) is 39.0 Å². The van der Waals surface area contributed by atoms with Gasteiger partial charge in [0.2, 0.25) is 5.91 Å². The van der Waals surface area contributed by atoms with Crippen molar-refractivity contribution in [2.75, 3.05) is 11.9 Å². The lowest BCUT2D eigenvalue weighted by molar-refractivity contribution is -0.160. The molecule has 0 saturated carbocycles. The van der Waals surface area contributed by atoms with Crippen molar-refractivity contribution in [3.05, 3.63) is 29.8 Å². The average molecular weight is 348 g/mol. The maximum atomic E-state index is 13.5. The van der Waals surface area contributed by atoms with Gasteiger partial charge in [-0.15, -0.1) is 0 Å².